The van der Waals surface area contributed by atoms with Gasteiger partial charge in [-0.2, -0.15) is 4.98 Å². The van der Waals surface area contributed by atoms with Crippen LogP contribution in [0.5, 0.6) is 0 Å². The Labute approximate surface area is 215 Å². The maximum Gasteiger partial charge on any atom is 0.221 e. The summed E-state index contributed by atoms with van der Waals surface area (Å²) in [5, 5.41) is 1.10. The summed E-state index contributed by atoms with van der Waals surface area (Å²) < 4.78 is 15.1. The zero-order valence-corrected chi connectivity index (χ0v) is 23.1. The highest BCUT2D eigenvalue weighted by atomic mass is 28.4. The minimum atomic E-state index is -2.01. The van der Waals surface area contributed by atoms with Crippen molar-refractivity contribution in [1.29, 1.82) is 0 Å². The number of aromatic nitrogens is 3. The molecule has 0 spiro atoms. The van der Waals surface area contributed by atoms with Crippen molar-refractivity contribution in [3.05, 3.63) is 78.6 Å². The van der Waals surface area contributed by atoms with E-state index in [-0.39, 0.29) is 17.1 Å². The second-order valence-electron chi connectivity index (χ2n) is 10.9. The number of nitrogens with zero attached hydrogens (tertiary/aromatic N) is 3. The van der Waals surface area contributed by atoms with Crippen LogP contribution in [0.2, 0.25) is 18.1 Å². The van der Waals surface area contributed by atoms with Gasteiger partial charge in [-0.1, -0.05) is 81.4 Å². The molecule has 0 aliphatic heterocycles. The largest absolute Gasteiger partial charge is 0.412 e. The molecule has 4 aromatic rings. The van der Waals surface area contributed by atoms with Crippen LogP contribution in [0.15, 0.2) is 73.1 Å². The van der Waals surface area contributed by atoms with Crippen molar-refractivity contribution in [3.63, 3.8) is 0 Å². The minimum absolute atomic E-state index is 0.0166. The Bertz CT molecular complexity index is 1270. The van der Waals surface area contributed by atoms with Crippen LogP contribution in [0.1, 0.15) is 32.8 Å². The van der Waals surface area contributed by atoms with E-state index in [9.17, 15) is 0 Å². The standard InChI is InChI=1S/C29H38N4O2Si/c1-29(2,3)36(4,5)35-24(16-17-34-21-22-12-8-6-9-13-22)19-33-20-26(23-14-10-7-11-15-23)25-18-31-28(30)32-27(25)33/h6-15,18,20,24H,16-17,19,21H2,1-5H3,(H2,30,31,32). The lowest BCUT2D eigenvalue weighted by Gasteiger charge is -2.39. The van der Waals surface area contributed by atoms with Crippen molar-refractivity contribution >= 4 is 25.3 Å². The quantitative estimate of drug-likeness (QED) is 0.193. The van der Waals surface area contributed by atoms with E-state index in [2.05, 4.69) is 78.9 Å². The van der Waals surface area contributed by atoms with Gasteiger partial charge in [-0.3, -0.25) is 0 Å². The number of hydrogen-bond donors (Lipinski definition) is 1. The van der Waals surface area contributed by atoms with Gasteiger partial charge in [0.15, 0.2) is 8.32 Å². The average Bonchev–Trinajstić information content (AvgIpc) is 3.19. The van der Waals surface area contributed by atoms with Gasteiger partial charge in [-0.05, 0) is 35.7 Å². The highest BCUT2D eigenvalue weighted by Crippen LogP contribution is 2.38. The molecule has 2 aromatic heterocycles. The molecule has 0 aliphatic carbocycles. The fraction of sp³-hybridized carbons (Fsp3) is 0.379. The number of nitrogens with two attached hydrogens (primary N) is 1. The van der Waals surface area contributed by atoms with E-state index in [4.69, 9.17) is 14.9 Å². The topological polar surface area (TPSA) is 75.2 Å². The molecule has 1 atom stereocenters. The smallest absolute Gasteiger partial charge is 0.221 e. The van der Waals surface area contributed by atoms with Gasteiger partial charge >= 0.3 is 0 Å². The Morgan fingerprint density at radius 3 is 2.33 bits per heavy atom. The summed E-state index contributed by atoms with van der Waals surface area (Å²) in [7, 11) is -2.01. The molecule has 36 heavy (non-hydrogen) atoms. The SMILES string of the molecule is CC(C)(C)[Si](C)(C)OC(CCOCc1ccccc1)Cn1cc(-c2ccccc2)c2cnc(N)nc21. The third-order valence-corrected chi connectivity index (χ3v) is 11.6. The number of anilines is 1. The average molecular weight is 503 g/mol. The summed E-state index contributed by atoms with van der Waals surface area (Å²) >= 11 is 0. The predicted octanol–water partition coefficient (Wildman–Crippen LogP) is 6.68. The van der Waals surface area contributed by atoms with E-state index in [1.165, 1.54) is 5.56 Å². The number of benzene rings is 2. The van der Waals surface area contributed by atoms with Crippen LogP contribution >= 0.6 is 0 Å². The molecule has 4 rings (SSSR count). The summed E-state index contributed by atoms with van der Waals surface area (Å²) in [5.41, 5.74) is 10.2. The van der Waals surface area contributed by atoms with Crippen LogP contribution in [-0.4, -0.2) is 35.6 Å². The molecule has 2 aromatic carbocycles. The van der Waals surface area contributed by atoms with E-state index in [1.54, 1.807) is 0 Å². The van der Waals surface area contributed by atoms with Crippen molar-refractivity contribution in [2.45, 2.75) is 64.6 Å². The molecule has 0 radical (unpaired) electrons. The summed E-state index contributed by atoms with van der Waals surface area (Å²) in [6, 6.07) is 20.6. The zero-order chi connectivity index (χ0) is 25.8. The van der Waals surface area contributed by atoms with Gasteiger partial charge in [-0.25, -0.2) is 4.98 Å². The molecular formula is C29H38N4O2Si. The molecule has 0 bridgehead atoms. The highest BCUT2D eigenvalue weighted by Gasteiger charge is 2.39. The molecule has 2 heterocycles. The molecule has 1 unspecified atom stereocenters. The normalized spacial score (nSPS) is 13.2. The monoisotopic (exact) mass is 502 g/mol. The molecule has 0 amide bonds. The first kappa shape index (κ1) is 26.1. The molecule has 6 nitrogen and oxygen atoms in total. The Morgan fingerprint density at radius 1 is 1.00 bits per heavy atom. The van der Waals surface area contributed by atoms with Crippen LogP contribution < -0.4 is 5.73 Å². The first-order valence-corrected chi connectivity index (χ1v) is 15.5. The molecule has 0 saturated carbocycles. The Kier molecular flexibility index (Phi) is 7.93. The Hall–Kier alpha value is -3.00. The van der Waals surface area contributed by atoms with Crippen LogP contribution in [0, 0.1) is 0 Å². The van der Waals surface area contributed by atoms with E-state index < -0.39 is 8.32 Å². The van der Waals surface area contributed by atoms with Gasteiger partial charge < -0.3 is 19.5 Å². The van der Waals surface area contributed by atoms with E-state index in [1.807, 2.05) is 42.6 Å². The summed E-state index contributed by atoms with van der Waals surface area (Å²) in [6.07, 6.45) is 4.75. The minimum Gasteiger partial charge on any atom is -0.412 e. The summed E-state index contributed by atoms with van der Waals surface area (Å²) in [5.74, 6) is 0.273. The lowest BCUT2D eigenvalue weighted by Crippen LogP contribution is -2.45. The van der Waals surface area contributed by atoms with E-state index in [0.717, 1.165) is 28.6 Å². The molecule has 190 valence electrons. The number of ether oxygens (including phenoxy) is 1. The van der Waals surface area contributed by atoms with Gasteiger partial charge in [0, 0.05) is 36.5 Å². The van der Waals surface area contributed by atoms with Crippen molar-refractivity contribution < 1.29 is 9.16 Å². The third-order valence-electron chi connectivity index (χ3n) is 7.08. The second-order valence-corrected chi connectivity index (χ2v) is 15.6. The predicted molar refractivity (Wildman–Crippen MR) is 150 cm³/mol. The molecule has 0 saturated heterocycles. The fourth-order valence-corrected chi connectivity index (χ4v) is 5.43. The van der Waals surface area contributed by atoms with Crippen molar-refractivity contribution in [2.75, 3.05) is 12.3 Å². The first-order valence-electron chi connectivity index (χ1n) is 12.6. The van der Waals surface area contributed by atoms with Crippen LogP contribution in [-0.2, 0) is 22.3 Å². The Morgan fingerprint density at radius 2 is 1.67 bits per heavy atom. The maximum absolute atomic E-state index is 6.92. The Balaban J connectivity index is 1.59. The maximum atomic E-state index is 6.92. The van der Waals surface area contributed by atoms with Crippen LogP contribution in [0.4, 0.5) is 5.95 Å². The van der Waals surface area contributed by atoms with E-state index >= 15 is 0 Å². The lowest BCUT2D eigenvalue weighted by molar-refractivity contribution is 0.0712. The van der Waals surface area contributed by atoms with Gasteiger partial charge in [0.05, 0.1) is 12.7 Å². The highest BCUT2D eigenvalue weighted by molar-refractivity contribution is 6.74. The third kappa shape index (κ3) is 6.21. The summed E-state index contributed by atoms with van der Waals surface area (Å²) in [4.78, 5) is 8.89. The van der Waals surface area contributed by atoms with Crippen LogP contribution in [0.25, 0.3) is 22.2 Å². The van der Waals surface area contributed by atoms with Crippen molar-refractivity contribution in [3.8, 4) is 11.1 Å². The fourth-order valence-electron chi connectivity index (χ4n) is 4.05. The first-order chi connectivity index (χ1) is 17.1. The zero-order valence-electron chi connectivity index (χ0n) is 22.1. The lowest BCUT2D eigenvalue weighted by atomic mass is 10.1. The molecule has 2 N–H and O–H groups in total. The van der Waals surface area contributed by atoms with Crippen molar-refractivity contribution in [1.82, 2.24) is 14.5 Å². The van der Waals surface area contributed by atoms with Crippen molar-refractivity contribution in [2.24, 2.45) is 0 Å². The number of rotatable bonds is 10. The number of nitrogen functional groups attached to an aromatic ring is 1. The van der Waals surface area contributed by atoms with Gasteiger partial charge in [0.2, 0.25) is 5.95 Å². The van der Waals surface area contributed by atoms with Gasteiger partial charge in [0.1, 0.15) is 5.65 Å². The molecule has 7 heteroatoms. The van der Waals surface area contributed by atoms with E-state index in [0.29, 0.717) is 19.8 Å². The number of fused-ring (bicyclic) bond motifs is 1. The summed E-state index contributed by atoms with van der Waals surface area (Å²) in [6.45, 7) is 13.3. The molecule has 0 fully saturated rings. The molecule has 0 aliphatic rings. The van der Waals surface area contributed by atoms with Crippen LogP contribution in [0.3, 0.4) is 0 Å². The van der Waals surface area contributed by atoms with Gasteiger partial charge in [-0.15, -0.1) is 0 Å². The second kappa shape index (κ2) is 10.9. The number of hydrogen-bond acceptors (Lipinski definition) is 5. The van der Waals surface area contributed by atoms with Gasteiger partial charge in [0.25, 0.3) is 0 Å². The molecular weight excluding hydrogens is 464 g/mol.